The van der Waals surface area contributed by atoms with Crippen LogP contribution in [0.4, 0.5) is 0 Å². The van der Waals surface area contributed by atoms with Crippen molar-refractivity contribution in [3.8, 4) is 0 Å². The van der Waals surface area contributed by atoms with Crippen LogP contribution in [0.1, 0.15) is 41.5 Å². The van der Waals surface area contributed by atoms with Crippen LogP contribution in [0.15, 0.2) is 24.7 Å². The average molecular weight is 700 g/mol. The molecule has 0 amide bonds. The predicted octanol–water partition coefficient (Wildman–Crippen LogP) is -8.09. The molecular formula is C30H73BrLi4N5O2Si2. The summed E-state index contributed by atoms with van der Waals surface area (Å²) in [6.45, 7) is 36.3. The number of nitrogens with zero attached hydrogens (tertiary/aromatic N) is 4. The summed E-state index contributed by atoms with van der Waals surface area (Å²) in [4.78, 5) is 8.72. The summed E-state index contributed by atoms with van der Waals surface area (Å²) < 4.78 is 3.74. The third-order valence-electron chi connectivity index (χ3n) is 4.41. The van der Waals surface area contributed by atoms with Crippen molar-refractivity contribution in [2.24, 2.45) is 10.8 Å². The molecule has 1 N–H and O–H groups in total. The maximum atomic E-state index is 10.4. The molecule has 0 aliphatic heterocycles. The molecule has 0 atom stereocenters. The maximum absolute atomic E-state index is 10.4. The van der Waals surface area contributed by atoms with Crippen LogP contribution in [0.3, 0.4) is 0 Å². The number of hydrogen-bond donors (Lipinski definition) is 1. The number of nitrogens with one attached hydrogen (secondary N) is 1. The molecule has 0 aliphatic carbocycles. The molecule has 0 bridgehead atoms. The molecule has 249 valence electrons. The van der Waals surface area contributed by atoms with Gasteiger partial charge in [-0.3, -0.25) is 0 Å². The van der Waals surface area contributed by atoms with E-state index in [4.69, 9.17) is 0 Å². The molecule has 0 aliphatic rings. The first kappa shape index (κ1) is 72.0. The van der Waals surface area contributed by atoms with E-state index in [2.05, 4.69) is 133 Å². The molecule has 1 radical (unpaired) electrons. The molecule has 44 heavy (non-hydrogen) atoms. The maximum Gasteiger partial charge on any atom is 1.00 e. The smallest absolute Gasteiger partial charge is 1.00 e. The standard InChI is InChI=1S/2C6H16N2.C6H19NSi2.2C6H12O.BrH.4Li/c2*1-7(2)5-6-8(3)4;1-8(2,3)7-9(4,5)6;2*1-5(7)6(2,3)4;;;;;/h2*5-6H2,1-4H3;7H,1-6H3;2*7H,1H2,2-4H3;1H;;;;/q;;;;;;;3*+1/p-3. The van der Waals surface area contributed by atoms with Gasteiger partial charge in [0.15, 0.2) is 0 Å². The van der Waals surface area contributed by atoms with Crippen LogP contribution in [0.25, 0.3) is 0 Å². The molecule has 0 aromatic carbocycles. The fourth-order valence-corrected chi connectivity index (χ4v) is 10.9. The minimum absolute atomic E-state index is 0. The second-order valence-electron chi connectivity index (χ2n) is 15.2. The van der Waals surface area contributed by atoms with E-state index < -0.39 is 16.5 Å². The fourth-order valence-electron chi connectivity index (χ4n) is 1.92. The van der Waals surface area contributed by atoms with Gasteiger partial charge in [-0.25, -0.2) is 0 Å². The van der Waals surface area contributed by atoms with Gasteiger partial charge in [0.25, 0.3) is 0 Å². The summed E-state index contributed by atoms with van der Waals surface area (Å²) in [6.07, 6.45) is 0. The normalized spacial score (nSPS) is 10.5. The van der Waals surface area contributed by atoms with Crippen LogP contribution >= 0.6 is 0 Å². The molecule has 14 heteroatoms. The monoisotopic (exact) mass is 699 g/mol. The van der Waals surface area contributed by atoms with E-state index in [1.807, 2.05) is 41.5 Å². The average Bonchev–Trinajstić information content (AvgIpc) is 2.62. The minimum atomic E-state index is -0.981. The summed E-state index contributed by atoms with van der Waals surface area (Å²) >= 11 is 0. The SMILES string of the molecule is C=C([O-])C(C)(C)C.C=C([O-])C(C)(C)C.CN(C)CCN(C)C.CN(C)CCN(C)C.C[Si](C)(C)N[Si](C)(C)C.[Br-].[Li+].[Li+].[Li+].[Li]. The van der Waals surface area contributed by atoms with E-state index in [1.54, 1.807) is 0 Å². The van der Waals surface area contributed by atoms with Gasteiger partial charge in [-0.15, -0.1) is 24.7 Å². The van der Waals surface area contributed by atoms with E-state index in [9.17, 15) is 10.2 Å². The molecule has 0 fully saturated rings. The molecule has 0 heterocycles. The first-order chi connectivity index (χ1) is 16.8. The third-order valence-corrected chi connectivity index (χ3v) is 10.4. The Kier molecular flexibility index (Phi) is 59.7. The summed E-state index contributed by atoms with van der Waals surface area (Å²) in [5, 5.41) is 20.7. The Hall–Kier alpha value is 2.18. The minimum Gasteiger partial charge on any atom is -1.00 e. The van der Waals surface area contributed by atoms with Crippen molar-refractivity contribution in [2.45, 2.75) is 80.8 Å². The summed E-state index contributed by atoms with van der Waals surface area (Å²) in [6, 6.07) is 0. The predicted molar refractivity (Wildman–Crippen MR) is 187 cm³/mol. The van der Waals surface area contributed by atoms with E-state index in [0.717, 1.165) is 26.2 Å². The number of likely N-dealkylation sites (N-methyl/N-ethyl adjacent to an activating group) is 4. The Labute approximate surface area is 339 Å². The van der Waals surface area contributed by atoms with Crippen LogP contribution in [0, 0.1) is 10.8 Å². The van der Waals surface area contributed by atoms with Gasteiger partial charge in [0.2, 0.25) is 0 Å². The van der Waals surface area contributed by atoms with Gasteiger partial charge in [0, 0.05) is 45.0 Å². The number of hydrogen-bond acceptors (Lipinski definition) is 7. The van der Waals surface area contributed by atoms with Gasteiger partial charge in [0.1, 0.15) is 16.5 Å². The second kappa shape index (κ2) is 36.5. The summed E-state index contributed by atoms with van der Waals surface area (Å²) in [5.74, 6) is -0.0139. The first-order valence-corrected chi connectivity index (χ1v) is 21.0. The van der Waals surface area contributed by atoms with Crippen molar-refractivity contribution in [3.63, 3.8) is 0 Å². The van der Waals surface area contributed by atoms with Crippen molar-refractivity contribution in [1.29, 1.82) is 0 Å². The van der Waals surface area contributed by atoms with Crippen molar-refractivity contribution >= 4 is 35.3 Å². The largest absolute Gasteiger partial charge is 1.00 e. The Balaban J connectivity index is -0.0000000400. The van der Waals surface area contributed by atoms with E-state index in [0.29, 0.717) is 0 Å². The summed E-state index contributed by atoms with van der Waals surface area (Å²) in [7, 11) is 14.7. The van der Waals surface area contributed by atoms with E-state index in [1.165, 1.54) is 0 Å². The Morgan fingerprint density at radius 3 is 0.659 bits per heavy atom. The van der Waals surface area contributed by atoms with Gasteiger partial charge in [-0.2, -0.15) is 0 Å². The van der Waals surface area contributed by atoms with Crippen molar-refractivity contribution in [2.75, 3.05) is 82.6 Å². The molecule has 0 saturated heterocycles. The molecule has 0 saturated carbocycles. The van der Waals surface area contributed by atoms with Crippen LogP contribution in [0.2, 0.25) is 39.3 Å². The van der Waals surface area contributed by atoms with E-state index >= 15 is 0 Å². The van der Waals surface area contributed by atoms with Crippen LogP contribution in [0.5, 0.6) is 0 Å². The summed E-state index contributed by atoms with van der Waals surface area (Å²) in [5.41, 5.74) is -0.500. The van der Waals surface area contributed by atoms with Crippen molar-refractivity contribution < 1.29 is 83.8 Å². The Morgan fingerprint density at radius 1 is 0.523 bits per heavy atom. The topological polar surface area (TPSA) is 71.1 Å². The Bertz CT molecular complexity index is 555. The van der Waals surface area contributed by atoms with Gasteiger partial charge in [0.05, 0.1) is 0 Å². The van der Waals surface area contributed by atoms with Gasteiger partial charge >= 0.3 is 56.6 Å². The number of allylic oxidation sites excluding steroid dienone is 2. The van der Waals surface area contributed by atoms with Crippen molar-refractivity contribution in [3.05, 3.63) is 24.7 Å². The van der Waals surface area contributed by atoms with Gasteiger partial charge in [-0.05, 0) is 67.2 Å². The molecule has 0 aromatic heterocycles. The number of rotatable bonds is 8. The quantitative estimate of drug-likeness (QED) is 0.200. The first-order valence-electron chi connectivity index (χ1n) is 14.0. The molecular weight excluding hydrogens is 626 g/mol. The molecule has 0 spiro atoms. The van der Waals surface area contributed by atoms with Crippen LogP contribution < -0.4 is 88.4 Å². The van der Waals surface area contributed by atoms with Gasteiger partial charge < -0.3 is 51.4 Å². The second-order valence-corrected chi connectivity index (χ2v) is 25.2. The molecule has 0 unspecified atom stereocenters. The van der Waals surface area contributed by atoms with Crippen molar-refractivity contribution in [1.82, 2.24) is 24.2 Å². The molecule has 0 aromatic rings. The number of halogens is 1. The zero-order valence-electron chi connectivity index (χ0n) is 34.7. The van der Waals surface area contributed by atoms with Crippen LogP contribution in [-0.4, -0.2) is 137 Å². The zero-order chi connectivity index (χ0) is 33.0. The molecule has 0 rings (SSSR count). The van der Waals surface area contributed by atoms with Crippen LogP contribution in [-0.2, 0) is 0 Å². The zero-order valence-corrected chi connectivity index (χ0v) is 38.3. The van der Waals surface area contributed by atoms with E-state index in [-0.39, 0.29) is 115 Å². The molecule has 7 nitrogen and oxygen atoms in total. The fraction of sp³-hybridized carbons (Fsp3) is 0.867. The Morgan fingerprint density at radius 2 is 0.636 bits per heavy atom. The van der Waals surface area contributed by atoms with Gasteiger partial charge in [-0.1, -0.05) is 80.8 Å². The third kappa shape index (κ3) is 90.4.